The molecule has 1 unspecified atom stereocenters. The van der Waals surface area contributed by atoms with E-state index in [0.717, 1.165) is 50.1 Å². The molecule has 0 amide bonds. The lowest BCUT2D eigenvalue weighted by Gasteiger charge is -2.31. The van der Waals surface area contributed by atoms with Crippen LogP contribution in [0.4, 0.5) is 0 Å². The second-order valence-corrected chi connectivity index (χ2v) is 11.0. The quantitative estimate of drug-likeness (QED) is 0.290. The maximum absolute atomic E-state index is 14.1. The molecule has 0 saturated heterocycles. The summed E-state index contributed by atoms with van der Waals surface area (Å²) < 4.78 is 3.18. The summed E-state index contributed by atoms with van der Waals surface area (Å²) in [6.45, 7) is 4.29. The van der Waals surface area contributed by atoms with Crippen molar-refractivity contribution < 1.29 is 4.79 Å². The third-order valence-electron chi connectivity index (χ3n) is 7.11. The predicted molar refractivity (Wildman–Crippen MR) is 140 cm³/mol. The van der Waals surface area contributed by atoms with Crippen LogP contribution in [0.15, 0.2) is 93.7 Å². The van der Waals surface area contributed by atoms with E-state index in [4.69, 9.17) is 0 Å². The summed E-state index contributed by atoms with van der Waals surface area (Å²) in [6.07, 6.45) is 1.25. The molecule has 0 fully saturated rings. The van der Waals surface area contributed by atoms with Gasteiger partial charge in [0.05, 0.1) is 11.2 Å². The minimum atomic E-state index is -0.353. The monoisotopic (exact) mass is 509 g/mol. The Morgan fingerprint density at radius 1 is 0.853 bits per heavy atom. The number of Topliss-reactive ketones (excluding diaryl/α,β-unsaturated/α-hetero) is 1. The van der Waals surface area contributed by atoms with Crippen molar-refractivity contribution in [3.8, 4) is 5.69 Å². The second kappa shape index (κ2) is 7.64. The number of para-hydroxylation sites is 2. The Morgan fingerprint density at radius 3 is 2.26 bits per heavy atom. The van der Waals surface area contributed by atoms with Gasteiger partial charge in [-0.3, -0.25) is 9.59 Å². The van der Waals surface area contributed by atoms with Crippen molar-refractivity contribution in [2.24, 2.45) is 5.41 Å². The zero-order valence-corrected chi connectivity index (χ0v) is 20.7. The highest BCUT2D eigenvalue weighted by molar-refractivity contribution is 9.10. The number of ketones is 1. The van der Waals surface area contributed by atoms with Crippen molar-refractivity contribution in [2.75, 3.05) is 0 Å². The van der Waals surface area contributed by atoms with Crippen LogP contribution in [0.1, 0.15) is 49.4 Å². The van der Waals surface area contributed by atoms with Gasteiger partial charge in [-0.1, -0.05) is 72.2 Å². The van der Waals surface area contributed by atoms with Gasteiger partial charge in [0.2, 0.25) is 0 Å². The fourth-order valence-electron chi connectivity index (χ4n) is 5.78. The van der Waals surface area contributed by atoms with Crippen LogP contribution >= 0.6 is 15.9 Å². The fraction of sp³-hybridized carbons (Fsp3) is 0.200. The van der Waals surface area contributed by atoms with Gasteiger partial charge in [0.15, 0.2) is 11.2 Å². The average Bonchev–Trinajstić information content (AvgIpc) is 3.15. The van der Waals surface area contributed by atoms with Gasteiger partial charge in [-0.15, -0.1) is 0 Å². The Morgan fingerprint density at radius 2 is 1.53 bits per heavy atom. The van der Waals surface area contributed by atoms with E-state index in [9.17, 15) is 9.59 Å². The Balaban J connectivity index is 1.79. The molecule has 1 atom stereocenters. The maximum Gasteiger partial charge on any atom is 0.194 e. The van der Waals surface area contributed by atoms with E-state index in [0.29, 0.717) is 11.8 Å². The molecule has 0 radical (unpaired) electrons. The lowest BCUT2D eigenvalue weighted by Crippen LogP contribution is -2.25. The molecule has 0 saturated carbocycles. The normalized spacial score (nSPS) is 18.8. The van der Waals surface area contributed by atoms with Gasteiger partial charge in [0.25, 0.3) is 0 Å². The summed E-state index contributed by atoms with van der Waals surface area (Å²) in [5.74, 6) is -0.202. The van der Waals surface area contributed by atoms with E-state index in [1.54, 1.807) is 0 Å². The molecule has 3 aromatic carbocycles. The molecule has 1 heterocycles. The first-order chi connectivity index (χ1) is 16.4. The van der Waals surface area contributed by atoms with Crippen molar-refractivity contribution in [2.45, 2.75) is 32.6 Å². The molecule has 0 N–H and O–H groups in total. The summed E-state index contributed by atoms with van der Waals surface area (Å²) in [5, 5.41) is 0.679. The van der Waals surface area contributed by atoms with Crippen LogP contribution in [0.2, 0.25) is 0 Å². The molecule has 4 heteroatoms. The average molecular weight is 510 g/mol. The summed E-state index contributed by atoms with van der Waals surface area (Å²) in [5.41, 5.74) is 6.15. The standard InChI is InChI=1S/C30H24BrNO2/c1-30(2)16-22-26(24(33)17-30)25(18-12-14-19(31)15-13-18)27-28(22)32(20-8-4-3-5-9-20)23-11-7-6-10-21(23)29(27)34/h3-15,25H,16-17H2,1-2H3. The molecule has 1 aromatic heterocycles. The number of pyridine rings is 1. The number of allylic oxidation sites excluding steroid dienone is 2. The van der Waals surface area contributed by atoms with Crippen molar-refractivity contribution in [1.82, 2.24) is 4.57 Å². The van der Waals surface area contributed by atoms with Crippen LogP contribution in [0.5, 0.6) is 0 Å². The maximum atomic E-state index is 14.1. The third kappa shape index (κ3) is 3.16. The van der Waals surface area contributed by atoms with Gasteiger partial charge < -0.3 is 4.57 Å². The Hall–Kier alpha value is -3.24. The molecular weight excluding hydrogens is 486 g/mol. The lowest BCUT2D eigenvalue weighted by molar-refractivity contribution is -0.117. The predicted octanol–water partition coefficient (Wildman–Crippen LogP) is 7.04. The van der Waals surface area contributed by atoms with E-state index in [2.05, 4.69) is 46.5 Å². The number of benzene rings is 3. The van der Waals surface area contributed by atoms with E-state index in [1.165, 1.54) is 0 Å². The first-order valence-corrected chi connectivity index (χ1v) is 12.4. The van der Waals surface area contributed by atoms with Crippen LogP contribution in [0, 0.1) is 5.41 Å². The molecule has 2 aliphatic rings. The highest BCUT2D eigenvalue weighted by Crippen LogP contribution is 2.53. The van der Waals surface area contributed by atoms with E-state index in [-0.39, 0.29) is 22.5 Å². The first-order valence-electron chi connectivity index (χ1n) is 11.6. The molecule has 2 aliphatic carbocycles. The smallest absolute Gasteiger partial charge is 0.194 e. The highest BCUT2D eigenvalue weighted by atomic mass is 79.9. The number of halogens is 1. The highest BCUT2D eigenvalue weighted by Gasteiger charge is 2.45. The van der Waals surface area contributed by atoms with Crippen LogP contribution in [0.25, 0.3) is 22.2 Å². The molecular formula is C30H24BrNO2. The topological polar surface area (TPSA) is 39.1 Å². The summed E-state index contributed by atoms with van der Waals surface area (Å²) in [7, 11) is 0. The lowest BCUT2D eigenvalue weighted by atomic mass is 9.72. The third-order valence-corrected chi connectivity index (χ3v) is 7.64. The molecule has 34 heavy (non-hydrogen) atoms. The Kier molecular flexibility index (Phi) is 4.79. The number of aromatic nitrogens is 1. The van der Waals surface area contributed by atoms with Gasteiger partial charge >= 0.3 is 0 Å². The minimum Gasteiger partial charge on any atom is -0.309 e. The van der Waals surface area contributed by atoms with Gasteiger partial charge in [-0.25, -0.2) is 0 Å². The zero-order valence-electron chi connectivity index (χ0n) is 19.1. The van der Waals surface area contributed by atoms with Gasteiger partial charge in [-0.05, 0) is 59.4 Å². The summed E-state index contributed by atoms with van der Waals surface area (Å²) in [4.78, 5) is 27.8. The number of nitrogens with zero attached hydrogens (tertiary/aromatic N) is 1. The fourth-order valence-corrected chi connectivity index (χ4v) is 6.04. The van der Waals surface area contributed by atoms with Crippen molar-refractivity contribution in [3.05, 3.63) is 116 Å². The van der Waals surface area contributed by atoms with Crippen molar-refractivity contribution in [3.63, 3.8) is 0 Å². The van der Waals surface area contributed by atoms with Crippen LogP contribution in [0.3, 0.4) is 0 Å². The number of carbonyl (C=O) groups excluding carboxylic acids is 1. The Bertz CT molecular complexity index is 1560. The summed E-state index contributed by atoms with van der Waals surface area (Å²) in [6, 6.07) is 26.0. The summed E-state index contributed by atoms with van der Waals surface area (Å²) >= 11 is 3.53. The number of carbonyl (C=O) groups is 1. The van der Waals surface area contributed by atoms with Gasteiger partial charge in [0.1, 0.15) is 0 Å². The molecule has 0 aliphatic heterocycles. The molecule has 0 spiro atoms. The van der Waals surface area contributed by atoms with Gasteiger partial charge in [-0.2, -0.15) is 0 Å². The number of hydrogen-bond donors (Lipinski definition) is 0. The van der Waals surface area contributed by atoms with E-state index in [1.807, 2.05) is 66.7 Å². The molecule has 0 bridgehead atoms. The number of rotatable bonds is 2. The van der Waals surface area contributed by atoms with Crippen LogP contribution in [-0.4, -0.2) is 10.4 Å². The van der Waals surface area contributed by atoms with E-state index < -0.39 is 0 Å². The first kappa shape index (κ1) is 21.3. The molecule has 6 rings (SSSR count). The van der Waals surface area contributed by atoms with Crippen LogP contribution in [-0.2, 0) is 4.79 Å². The number of fused-ring (bicyclic) bond motifs is 3. The SMILES string of the molecule is CC1(C)CC(=O)C2=C(C1)c1c(c(=O)c3ccccc3n1-c1ccccc1)C2c1ccc(Br)cc1. The van der Waals surface area contributed by atoms with Crippen molar-refractivity contribution >= 4 is 38.2 Å². The largest absolute Gasteiger partial charge is 0.309 e. The van der Waals surface area contributed by atoms with E-state index >= 15 is 0 Å². The van der Waals surface area contributed by atoms with Crippen molar-refractivity contribution in [1.29, 1.82) is 0 Å². The molecule has 168 valence electrons. The second-order valence-electron chi connectivity index (χ2n) is 10.1. The Labute approximate surface area is 206 Å². The zero-order chi connectivity index (χ0) is 23.6. The molecule has 3 nitrogen and oxygen atoms in total. The van der Waals surface area contributed by atoms with Crippen LogP contribution < -0.4 is 5.43 Å². The molecule has 4 aromatic rings. The number of hydrogen-bond acceptors (Lipinski definition) is 2. The minimum absolute atomic E-state index is 0.0192. The van der Waals surface area contributed by atoms with Gasteiger partial charge in [0, 0.05) is 39.0 Å².